The second kappa shape index (κ2) is 9.62. The van der Waals surface area contributed by atoms with Crippen LogP contribution in [0.5, 0.6) is 0 Å². The summed E-state index contributed by atoms with van der Waals surface area (Å²) in [5, 5.41) is 21.5. The number of nitriles is 2. The van der Waals surface area contributed by atoms with Crippen LogP contribution in [0.25, 0.3) is 0 Å². The number of hydrogen-bond acceptors (Lipinski definition) is 6. The number of nitrogens with one attached hydrogen (secondary N) is 1. The molecule has 0 saturated heterocycles. The van der Waals surface area contributed by atoms with E-state index in [1.807, 2.05) is 12.1 Å². The summed E-state index contributed by atoms with van der Waals surface area (Å²) in [6.45, 7) is -0.931. The van der Waals surface area contributed by atoms with Gasteiger partial charge in [0.2, 0.25) is 0 Å². The zero-order valence-corrected chi connectivity index (χ0v) is 16.2. The molecule has 0 saturated carbocycles. The first-order chi connectivity index (χ1) is 14.0. The minimum Gasteiger partial charge on any atom is -0.367 e. The van der Waals surface area contributed by atoms with E-state index in [2.05, 4.69) is 32.1 Å². The van der Waals surface area contributed by atoms with Crippen LogP contribution >= 0.6 is 11.6 Å². The fourth-order valence-corrected chi connectivity index (χ4v) is 3.55. The minimum atomic E-state index is -2.83. The topological polar surface area (TPSA) is 85.0 Å². The lowest BCUT2D eigenvalue weighted by Gasteiger charge is -2.31. The standard InChI is InChI=1S/C20H18ClF2N5O/c21-18-16(10-25)15-5-7-28(11-14-3-1-13(9-24)2-4-14)12-17(15)19(27-18)26-6-8-29-20(22)23/h1-4,20H,5-8,11-12H2,(H,26,27). The quantitative estimate of drug-likeness (QED) is 0.546. The van der Waals surface area contributed by atoms with Crippen molar-refractivity contribution < 1.29 is 13.5 Å². The van der Waals surface area contributed by atoms with Crippen LogP contribution in [0.3, 0.4) is 0 Å². The highest BCUT2D eigenvalue weighted by atomic mass is 35.5. The fraction of sp³-hybridized carbons (Fsp3) is 0.350. The molecule has 1 aliphatic heterocycles. The molecule has 0 amide bonds. The van der Waals surface area contributed by atoms with Gasteiger partial charge in [-0.25, -0.2) is 4.98 Å². The number of aromatic nitrogens is 1. The van der Waals surface area contributed by atoms with Crippen LogP contribution in [0.2, 0.25) is 5.15 Å². The second-order valence-corrected chi connectivity index (χ2v) is 6.88. The van der Waals surface area contributed by atoms with Crippen LogP contribution in [0, 0.1) is 22.7 Å². The van der Waals surface area contributed by atoms with Crippen molar-refractivity contribution in [3.8, 4) is 12.1 Å². The SMILES string of the molecule is N#Cc1ccc(CN2CCc3c(C#N)c(Cl)nc(NCCOC(F)F)c3C2)cc1. The number of hydrogen-bond donors (Lipinski definition) is 1. The number of pyridine rings is 1. The molecule has 9 heteroatoms. The predicted molar refractivity (Wildman–Crippen MR) is 103 cm³/mol. The Hall–Kier alpha value is -2.78. The van der Waals surface area contributed by atoms with Gasteiger partial charge in [0, 0.05) is 31.7 Å². The molecule has 0 atom stereocenters. The average Bonchev–Trinajstić information content (AvgIpc) is 2.72. The lowest BCUT2D eigenvalue weighted by molar-refractivity contribution is -0.125. The van der Waals surface area contributed by atoms with Crippen molar-refractivity contribution in [2.75, 3.05) is 25.0 Å². The molecule has 1 aromatic carbocycles. The van der Waals surface area contributed by atoms with Crippen molar-refractivity contribution in [2.24, 2.45) is 0 Å². The van der Waals surface area contributed by atoms with E-state index in [1.165, 1.54) is 0 Å². The molecule has 0 fully saturated rings. The van der Waals surface area contributed by atoms with Gasteiger partial charge in [-0.05, 0) is 29.7 Å². The molecule has 2 aromatic rings. The van der Waals surface area contributed by atoms with Crippen LogP contribution in [-0.2, 0) is 24.2 Å². The summed E-state index contributed by atoms with van der Waals surface area (Å²) in [7, 11) is 0. The molecule has 0 bridgehead atoms. The minimum absolute atomic E-state index is 0.101. The molecule has 3 rings (SSSR count). The summed E-state index contributed by atoms with van der Waals surface area (Å²) >= 11 is 6.16. The monoisotopic (exact) mass is 417 g/mol. The second-order valence-electron chi connectivity index (χ2n) is 6.52. The Morgan fingerprint density at radius 3 is 2.62 bits per heavy atom. The van der Waals surface area contributed by atoms with Gasteiger partial charge in [0.1, 0.15) is 17.0 Å². The highest BCUT2D eigenvalue weighted by Gasteiger charge is 2.25. The maximum absolute atomic E-state index is 12.2. The first-order valence-corrected chi connectivity index (χ1v) is 9.36. The van der Waals surface area contributed by atoms with Crippen molar-refractivity contribution in [1.29, 1.82) is 10.5 Å². The molecule has 0 aliphatic carbocycles. The van der Waals surface area contributed by atoms with E-state index < -0.39 is 6.61 Å². The molecule has 1 aliphatic rings. The van der Waals surface area contributed by atoms with E-state index >= 15 is 0 Å². The maximum atomic E-state index is 12.2. The summed E-state index contributed by atoms with van der Waals surface area (Å²) < 4.78 is 28.6. The Morgan fingerprint density at radius 1 is 1.21 bits per heavy atom. The third-order valence-electron chi connectivity index (χ3n) is 4.67. The van der Waals surface area contributed by atoms with E-state index in [-0.39, 0.29) is 18.3 Å². The van der Waals surface area contributed by atoms with Crippen molar-refractivity contribution in [2.45, 2.75) is 26.1 Å². The van der Waals surface area contributed by atoms with Gasteiger partial charge in [-0.15, -0.1) is 0 Å². The number of benzene rings is 1. The molecule has 1 N–H and O–H groups in total. The normalized spacial score (nSPS) is 13.6. The van der Waals surface area contributed by atoms with E-state index in [4.69, 9.17) is 16.9 Å². The molecule has 0 unspecified atom stereocenters. The summed E-state index contributed by atoms with van der Waals surface area (Å²) in [5.41, 5.74) is 3.69. The molecule has 1 aromatic heterocycles. The molecular weight excluding hydrogens is 400 g/mol. The zero-order chi connectivity index (χ0) is 20.8. The smallest absolute Gasteiger partial charge is 0.345 e. The van der Waals surface area contributed by atoms with E-state index in [9.17, 15) is 14.0 Å². The van der Waals surface area contributed by atoms with E-state index in [0.29, 0.717) is 36.5 Å². The van der Waals surface area contributed by atoms with Crippen molar-refractivity contribution in [3.63, 3.8) is 0 Å². The van der Waals surface area contributed by atoms with Crippen LogP contribution < -0.4 is 5.32 Å². The van der Waals surface area contributed by atoms with Gasteiger partial charge in [-0.3, -0.25) is 4.90 Å². The van der Waals surface area contributed by atoms with Gasteiger partial charge in [-0.2, -0.15) is 19.3 Å². The summed E-state index contributed by atoms with van der Waals surface area (Å²) in [5.74, 6) is 0.478. The average molecular weight is 418 g/mol. The summed E-state index contributed by atoms with van der Waals surface area (Å²) in [6.07, 6.45) is 0.624. The van der Waals surface area contributed by atoms with Gasteiger partial charge < -0.3 is 10.1 Å². The molecular formula is C20H18ClF2N5O. The number of anilines is 1. The lowest BCUT2D eigenvalue weighted by atomic mass is 9.96. The van der Waals surface area contributed by atoms with Crippen LogP contribution in [0.1, 0.15) is 27.8 Å². The highest BCUT2D eigenvalue weighted by molar-refractivity contribution is 6.30. The van der Waals surface area contributed by atoms with Gasteiger partial charge in [0.25, 0.3) is 0 Å². The molecule has 29 heavy (non-hydrogen) atoms. The number of rotatable bonds is 7. The first-order valence-electron chi connectivity index (χ1n) is 8.98. The van der Waals surface area contributed by atoms with Crippen LogP contribution in [0.4, 0.5) is 14.6 Å². The number of nitrogens with zero attached hydrogens (tertiary/aromatic N) is 4. The molecule has 2 heterocycles. The third-order valence-corrected chi connectivity index (χ3v) is 4.94. The van der Waals surface area contributed by atoms with Crippen LogP contribution in [0.15, 0.2) is 24.3 Å². The molecule has 6 nitrogen and oxygen atoms in total. The highest BCUT2D eigenvalue weighted by Crippen LogP contribution is 2.32. The zero-order valence-electron chi connectivity index (χ0n) is 15.5. The Labute approximate surface area is 172 Å². The molecule has 150 valence electrons. The fourth-order valence-electron chi connectivity index (χ4n) is 3.31. The number of ether oxygens (including phenoxy) is 1. The summed E-state index contributed by atoms with van der Waals surface area (Å²) in [4.78, 5) is 6.46. The van der Waals surface area contributed by atoms with Gasteiger partial charge in [-0.1, -0.05) is 23.7 Å². The van der Waals surface area contributed by atoms with Gasteiger partial charge >= 0.3 is 6.61 Å². The van der Waals surface area contributed by atoms with Gasteiger partial charge in [0.15, 0.2) is 0 Å². The third kappa shape index (κ3) is 5.18. The van der Waals surface area contributed by atoms with E-state index in [1.54, 1.807) is 12.1 Å². The summed E-state index contributed by atoms with van der Waals surface area (Å²) in [6, 6.07) is 11.6. The first kappa shape index (κ1) is 20.9. The molecule has 0 spiro atoms. The van der Waals surface area contributed by atoms with Gasteiger partial charge in [0.05, 0.1) is 23.8 Å². The number of alkyl halides is 2. The maximum Gasteiger partial charge on any atom is 0.345 e. The van der Waals surface area contributed by atoms with Crippen molar-refractivity contribution >= 4 is 17.4 Å². The van der Waals surface area contributed by atoms with Crippen molar-refractivity contribution in [1.82, 2.24) is 9.88 Å². The largest absolute Gasteiger partial charge is 0.367 e. The Bertz CT molecular complexity index is 953. The molecule has 0 radical (unpaired) electrons. The van der Waals surface area contributed by atoms with E-state index in [0.717, 1.165) is 23.2 Å². The number of fused-ring (bicyclic) bond motifs is 1. The number of halogens is 3. The lowest BCUT2D eigenvalue weighted by Crippen LogP contribution is -2.32. The Kier molecular flexibility index (Phi) is 6.95. The Morgan fingerprint density at radius 2 is 1.97 bits per heavy atom. The Balaban J connectivity index is 1.78. The van der Waals surface area contributed by atoms with Crippen molar-refractivity contribution in [3.05, 3.63) is 57.2 Å². The van der Waals surface area contributed by atoms with Crippen LogP contribution in [-0.4, -0.2) is 36.2 Å². The predicted octanol–water partition coefficient (Wildman–Crippen LogP) is 3.69.